The van der Waals surface area contributed by atoms with Crippen LogP contribution in [0.2, 0.25) is 0 Å². The molecular formula is C16H23FN2S. The summed E-state index contributed by atoms with van der Waals surface area (Å²) in [4.78, 5) is 3.46. The van der Waals surface area contributed by atoms with Crippen LogP contribution < -0.4 is 5.32 Å². The normalized spacial score (nSPS) is 11.9. The van der Waals surface area contributed by atoms with Crippen molar-refractivity contribution in [3.05, 3.63) is 34.5 Å². The van der Waals surface area contributed by atoms with Crippen LogP contribution in [0.5, 0.6) is 0 Å². The summed E-state index contributed by atoms with van der Waals surface area (Å²) in [6.07, 6.45) is 0. The molecule has 1 aromatic heterocycles. The molecule has 20 heavy (non-hydrogen) atoms. The molecule has 0 fully saturated rings. The minimum absolute atomic E-state index is 0.103. The molecule has 0 aliphatic heterocycles. The Hall–Kier alpha value is -0.970. The van der Waals surface area contributed by atoms with Crippen molar-refractivity contribution in [2.75, 3.05) is 13.6 Å². The first-order valence-corrected chi connectivity index (χ1v) is 7.95. The van der Waals surface area contributed by atoms with Gasteiger partial charge in [-0.25, -0.2) is 4.39 Å². The van der Waals surface area contributed by atoms with Gasteiger partial charge in [0.15, 0.2) is 0 Å². The van der Waals surface area contributed by atoms with Gasteiger partial charge in [0.1, 0.15) is 5.82 Å². The van der Waals surface area contributed by atoms with Crippen molar-refractivity contribution in [1.82, 2.24) is 10.2 Å². The molecule has 0 aliphatic rings. The van der Waals surface area contributed by atoms with E-state index in [0.29, 0.717) is 6.04 Å². The standard InChI is InChI=1S/C16H23FN2S/c1-5-19(4)10-12-15(9-18-11(2)3)20-14-8-6-7-13(17)16(12)14/h6-8,11,18H,5,9-10H2,1-4H3. The maximum absolute atomic E-state index is 14.2. The fourth-order valence-corrected chi connectivity index (χ4v) is 3.38. The smallest absolute Gasteiger partial charge is 0.132 e. The van der Waals surface area contributed by atoms with Crippen LogP contribution in [-0.2, 0) is 13.1 Å². The molecule has 2 nitrogen and oxygen atoms in total. The third-order valence-corrected chi connectivity index (χ3v) is 4.68. The molecule has 0 saturated carbocycles. The van der Waals surface area contributed by atoms with E-state index in [2.05, 4.69) is 38.0 Å². The second kappa shape index (κ2) is 6.66. The number of hydrogen-bond acceptors (Lipinski definition) is 3. The lowest BCUT2D eigenvalue weighted by Crippen LogP contribution is -2.23. The lowest BCUT2D eigenvalue weighted by molar-refractivity contribution is 0.345. The highest BCUT2D eigenvalue weighted by molar-refractivity contribution is 7.19. The first-order valence-electron chi connectivity index (χ1n) is 7.13. The number of halogens is 1. The Kier molecular flexibility index (Phi) is 5.13. The van der Waals surface area contributed by atoms with Crippen molar-refractivity contribution in [1.29, 1.82) is 0 Å². The van der Waals surface area contributed by atoms with Crippen LogP contribution in [-0.4, -0.2) is 24.5 Å². The molecule has 1 aromatic carbocycles. The number of thiophene rings is 1. The quantitative estimate of drug-likeness (QED) is 0.866. The first kappa shape index (κ1) is 15.4. The summed E-state index contributed by atoms with van der Waals surface area (Å²) >= 11 is 1.70. The maximum Gasteiger partial charge on any atom is 0.132 e. The molecular weight excluding hydrogens is 271 g/mol. The predicted octanol–water partition coefficient (Wildman–Crippen LogP) is 3.99. The molecule has 1 N–H and O–H groups in total. The van der Waals surface area contributed by atoms with Gasteiger partial charge in [0.05, 0.1) is 0 Å². The topological polar surface area (TPSA) is 15.3 Å². The zero-order valence-corrected chi connectivity index (χ0v) is 13.5. The second-order valence-corrected chi connectivity index (χ2v) is 6.62. The fraction of sp³-hybridized carbons (Fsp3) is 0.500. The predicted molar refractivity (Wildman–Crippen MR) is 85.8 cm³/mol. The Balaban J connectivity index is 2.43. The second-order valence-electron chi connectivity index (χ2n) is 5.48. The minimum atomic E-state index is -0.103. The first-order chi connectivity index (χ1) is 9.52. The molecule has 110 valence electrons. The van der Waals surface area contributed by atoms with Crippen molar-refractivity contribution in [3.63, 3.8) is 0 Å². The summed E-state index contributed by atoms with van der Waals surface area (Å²) in [5.41, 5.74) is 1.14. The Morgan fingerprint density at radius 1 is 1.35 bits per heavy atom. The maximum atomic E-state index is 14.2. The van der Waals surface area contributed by atoms with Gasteiger partial charge in [-0.05, 0) is 31.3 Å². The van der Waals surface area contributed by atoms with E-state index in [4.69, 9.17) is 0 Å². The van der Waals surface area contributed by atoms with Crippen LogP contribution in [0, 0.1) is 5.82 Å². The SMILES string of the molecule is CCN(C)Cc1c(CNC(C)C)sc2cccc(F)c12. The number of nitrogens with zero attached hydrogens (tertiary/aromatic N) is 1. The van der Waals surface area contributed by atoms with Gasteiger partial charge >= 0.3 is 0 Å². The van der Waals surface area contributed by atoms with Gasteiger partial charge in [-0.1, -0.05) is 26.8 Å². The molecule has 0 aliphatic carbocycles. The molecule has 0 atom stereocenters. The van der Waals surface area contributed by atoms with E-state index >= 15 is 0 Å². The summed E-state index contributed by atoms with van der Waals surface area (Å²) in [6.45, 7) is 8.95. The van der Waals surface area contributed by atoms with Gasteiger partial charge in [0, 0.05) is 34.1 Å². The average Bonchev–Trinajstić information content (AvgIpc) is 2.75. The summed E-state index contributed by atoms with van der Waals surface area (Å²) in [7, 11) is 2.07. The number of nitrogens with one attached hydrogen (secondary N) is 1. The molecule has 2 aromatic rings. The number of rotatable bonds is 6. The van der Waals surface area contributed by atoms with Crippen LogP contribution in [0.3, 0.4) is 0 Å². The van der Waals surface area contributed by atoms with Crippen molar-refractivity contribution in [3.8, 4) is 0 Å². The molecule has 0 unspecified atom stereocenters. The molecule has 4 heteroatoms. The van der Waals surface area contributed by atoms with Crippen LogP contribution >= 0.6 is 11.3 Å². The summed E-state index contributed by atoms with van der Waals surface area (Å²) in [5.74, 6) is -0.103. The number of hydrogen-bond donors (Lipinski definition) is 1. The van der Waals surface area contributed by atoms with E-state index < -0.39 is 0 Å². The van der Waals surface area contributed by atoms with Crippen molar-refractivity contribution in [2.24, 2.45) is 0 Å². The largest absolute Gasteiger partial charge is 0.310 e. The highest BCUT2D eigenvalue weighted by atomic mass is 32.1. The zero-order valence-electron chi connectivity index (χ0n) is 12.7. The van der Waals surface area contributed by atoms with E-state index in [9.17, 15) is 4.39 Å². The van der Waals surface area contributed by atoms with Crippen LogP contribution in [0.25, 0.3) is 10.1 Å². The van der Waals surface area contributed by atoms with Gasteiger partial charge in [-0.15, -0.1) is 11.3 Å². The molecule has 0 radical (unpaired) electrons. The summed E-state index contributed by atoms with van der Waals surface area (Å²) in [5, 5.41) is 4.25. The Labute approximate surface area is 124 Å². The van der Waals surface area contributed by atoms with Gasteiger partial charge in [-0.2, -0.15) is 0 Å². The highest BCUT2D eigenvalue weighted by Crippen LogP contribution is 2.34. The summed E-state index contributed by atoms with van der Waals surface area (Å²) < 4.78 is 15.2. The van der Waals surface area contributed by atoms with Crippen LogP contribution in [0.4, 0.5) is 4.39 Å². The molecule has 0 amide bonds. The van der Waals surface area contributed by atoms with Gasteiger partial charge in [0.2, 0.25) is 0 Å². The fourth-order valence-electron chi connectivity index (χ4n) is 2.20. The minimum Gasteiger partial charge on any atom is -0.310 e. The van der Waals surface area contributed by atoms with Gasteiger partial charge in [-0.3, -0.25) is 0 Å². The molecule has 0 saturated heterocycles. The Bertz CT molecular complexity index is 577. The van der Waals surface area contributed by atoms with E-state index in [1.54, 1.807) is 23.5 Å². The Morgan fingerprint density at radius 3 is 2.75 bits per heavy atom. The summed E-state index contributed by atoms with van der Waals surface area (Å²) in [6, 6.07) is 5.80. The highest BCUT2D eigenvalue weighted by Gasteiger charge is 2.16. The van der Waals surface area contributed by atoms with E-state index in [-0.39, 0.29) is 5.82 Å². The van der Waals surface area contributed by atoms with Crippen LogP contribution in [0.1, 0.15) is 31.2 Å². The number of fused-ring (bicyclic) bond motifs is 1. The van der Waals surface area contributed by atoms with E-state index in [1.165, 1.54) is 4.88 Å². The molecule has 0 spiro atoms. The third-order valence-electron chi connectivity index (χ3n) is 3.49. The monoisotopic (exact) mass is 294 g/mol. The van der Waals surface area contributed by atoms with Gasteiger partial charge in [0.25, 0.3) is 0 Å². The van der Waals surface area contributed by atoms with E-state index in [0.717, 1.165) is 35.3 Å². The molecule has 0 bridgehead atoms. The average molecular weight is 294 g/mol. The molecule has 1 heterocycles. The third kappa shape index (κ3) is 3.37. The van der Waals surface area contributed by atoms with Crippen molar-refractivity contribution >= 4 is 21.4 Å². The molecule has 2 rings (SSSR count). The van der Waals surface area contributed by atoms with E-state index in [1.807, 2.05) is 6.07 Å². The van der Waals surface area contributed by atoms with Crippen molar-refractivity contribution in [2.45, 2.75) is 39.9 Å². The number of benzene rings is 1. The zero-order chi connectivity index (χ0) is 14.7. The van der Waals surface area contributed by atoms with Gasteiger partial charge < -0.3 is 10.2 Å². The Morgan fingerprint density at radius 2 is 2.10 bits per heavy atom. The lowest BCUT2D eigenvalue weighted by Gasteiger charge is -2.16. The van der Waals surface area contributed by atoms with Crippen molar-refractivity contribution < 1.29 is 4.39 Å². The van der Waals surface area contributed by atoms with Crippen LogP contribution in [0.15, 0.2) is 18.2 Å². The lowest BCUT2D eigenvalue weighted by atomic mass is 10.1.